The first-order chi connectivity index (χ1) is 11.0. The van der Waals surface area contributed by atoms with Gasteiger partial charge in [0.15, 0.2) is 0 Å². The summed E-state index contributed by atoms with van der Waals surface area (Å²) in [7, 11) is -2.61. The van der Waals surface area contributed by atoms with E-state index in [2.05, 4.69) is 4.72 Å². The van der Waals surface area contributed by atoms with Crippen molar-refractivity contribution in [2.24, 2.45) is 5.92 Å². The molecule has 1 aliphatic rings. The van der Waals surface area contributed by atoms with Gasteiger partial charge in [0.2, 0.25) is 15.9 Å². The Kier molecular flexibility index (Phi) is 5.24. The molecule has 0 heterocycles. The van der Waals surface area contributed by atoms with Gasteiger partial charge in [-0.2, -0.15) is 13.2 Å². The van der Waals surface area contributed by atoms with Crippen molar-refractivity contribution in [3.63, 3.8) is 0 Å². The molecule has 0 radical (unpaired) electrons. The van der Waals surface area contributed by atoms with Crippen LogP contribution in [0.25, 0.3) is 0 Å². The summed E-state index contributed by atoms with van der Waals surface area (Å²) < 4.78 is 64.3. The lowest BCUT2D eigenvalue weighted by Gasteiger charge is -2.25. The van der Waals surface area contributed by atoms with Gasteiger partial charge in [0.1, 0.15) is 0 Å². The van der Waals surface area contributed by atoms with E-state index in [1.165, 1.54) is 4.90 Å². The van der Waals surface area contributed by atoms with E-state index in [0.29, 0.717) is 12.0 Å². The molecule has 2 rings (SSSR count). The number of nitrogens with zero attached hydrogens (tertiary/aromatic N) is 1. The molecule has 0 aromatic heterocycles. The van der Waals surface area contributed by atoms with Crippen molar-refractivity contribution in [3.05, 3.63) is 29.8 Å². The fourth-order valence-corrected chi connectivity index (χ4v) is 3.35. The zero-order chi connectivity index (χ0) is 18.1. The highest BCUT2D eigenvalue weighted by molar-refractivity contribution is 7.89. The van der Waals surface area contributed by atoms with E-state index < -0.39 is 39.1 Å². The van der Waals surface area contributed by atoms with E-state index in [1.54, 1.807) is 7.05 Å². The summed E-state index contributed by atoms with van der Waals surface area (Å²) in [5, 5.41) is 0. The maximum Gasteiger partial charge on any atom is 0.416 e. The predicted molar refractivity (Wildman–Crippen MR) is 81.6 cm³/mol. The Hall–Kier alpha value is -1.61. The summed E-state index contributed by atoms with van der Waals surface area (Å²) in [6.45, 7) is 1.39. The lowest BCUT2D eigenvalue weighted by Crippen LogP contribution is -2.43. The second-order valence-corrected chi connectivity index (χ2v) is 7.70. The minimum atomic E-state index is -4.64. The van der Waals surface area contributed by atoms with Crippen LogP contribution in [0.5, 0.6) is 0 Å². The molecule has 0 saturated heterocycles. The van der Waals surface area contributed by atoms with Crippen LogP contribution >= 0.6 is 0 Å². The number of carbonyl (C=O) groups excluding carboxylic acids is 1. The second kappa shape index (κ2) is 6.72. The van der Waals surface area contributed by atoms with Gasteiger partial charge in [-0.15, -0.1) is 0 Å². The Morgan fingerprint density at radius 2 is 2.00 bits per heavy atom. The minimum Gasteiger partial charge on any atom is -0.342 e. The Bertz CT molecular complexity index is 715. The predicted octanol–water partition coefficient (Wildman–Crippen LogP) is 2.24. The van der Waals surface area contributed by atoms with Crippen molar-refractivity contribution in [1.82, 2.24) is 9.62 Å². The average Bonchev–Trinajstić information content (AvgIpc) is 3.35. The molecule has 1 atom stereocenters. The fourth-order valence-electron chi connectivity index (χ4n) is 2.33. The van der Waals surface area contributed by atoms with Crippen molar-refractivity contribution in [3.8, 4) is 0 Å². The van der Waals surface area contributed by atoms with Gasteiger partial charge in [-0.3, -0.25) is 4.79 Å². The number of nitrogens with one attached hydrogen (secondary N) is 1. The van der Waals surface area contributed by atoms with Crippen LogP contribution in [0.4, 0.5) is 13.2 Å². The number of halogens is 3. The topological polar surface area (TPSA) is 66.5 Å². The lowest BCUT2D eigenvalue weighted by atomic mass is 10.2. The van der Waals surface area contributed by atoms with Crippen molar-refractivity contribution >= 4 is 15.9 Å². The molecule has 1 unspecified atom stereocenters. The Morgan fingerprint density at radius 1 is 1.38 bits per heavy atom. The van der Waals surface area contributed by atoms with Crippen molar-refractivity contribution in [1.29, 1.82) is 0 Å². The largest absolute Gasteiger partial charge is 0.416 e. The highest BCUT2D eigenvalue weighted by Crippen LogP contribution is 2.34. The molecular weight excluding hydrogens is 345 g/mol. The molecule has 1 aromatic carbocycles. The van der Waals surface area contributed by atoms with E-state index in [0.717, 1.165) is 31.0 Å². The van der Waals surface area contributed by atoms with Crippen LogP contribution < -0.4 is 4.72 Å². The summed E-state index contributed by atoms with van der Waals surface area (Å²) in [6.07, 6.45) is -2.56. The Balaban J connectivity index is 2.04. The minimum absolute atomic E-state index is 0.00978. The molecular formula is C15H19F3N2O3S. The van der Waals surface area contributed by atoms with Gasteiger partial charge in [0.05, 0.1) is 17.0 Å². The van der Waals surface area contributed by atoms with E-state index >= 15 is 0 Å². The number of benzene rings is 1. The first-order valence-corrected chi connectivity index (χ1v) is 8.93. The molecule has 1 N–H and O–H groups in total. The van der Waals surface area contributed by atoms with E-state index in [9.17, 15) is 26.4 Å². The molecule has 134 valence electrons. The maximum absolute atomic E-state index is 12.7. The smallest absolute Gasteiger partial charge is 0.342 e. The van der Waals surface area contributed by atoms with Crippen molar-refractivity contribution in [2.45, 2.75) is 36.9 Å². The lowest BCUT2D eigenvalue weighted by molar-refractivity contribution is -0.137. The SMILES string of the molecule is CC(C1CC1)N(C)C(=O)CNS(=O)(=O)c1cccc(C(F)(F)F)c1. The van der Waals surface area contributed by atoms with Crippen LogP contribution in [0.15, 0.2) is 29.2 Å². The summed E-state index contributed by atoms with van der Waals surface area (Å²) in [5.41, 5.74) is -1.06. The summed E-state index contributed by atoms with van der Waals surface area (Å²) in [5.74, 6) is 0.00368. The molecule has 1 amide bonds. The van der Waals surface area contributed by atoms with E-state index in [1.807, 2.05) is 6.92 Å². The zero-order valence-electron chi connectivity index (χ0n) is 13.3. The van der Waals surface area contributed by atoms with Crippen molar-refractivity contribution < 1.29 is 26.4 Å². The standard InChI is InChI=1S/C15H19F3N2O3S/c1-10(11-6-7-11)20(2)14(21)9-19-24(22,23)13-5-3-4-12(8-13)15(16,17)18/h3-5,8,10-11,19H,6-7,9H2,1-2H3. The number of alkyl halides is 3. The van der Waals surface area contributed by atoms with Crippen molar-refractivity contribution in [2.75, 3.05) is 13.6 Å². The highest BCUT2D eigenvalue weighted by Gasteiger charge is 2.33. The summed E-state index contributed by atoms with van der Waals surface area (Å²) >= 11 is 0. The molecule has 0 spiro atoms. The molecule has 0 aliphatic heterocycles. The molecule has 5 nitrogen and oxygen atoms in total. The monoisotopic (exact) mass is 364 g/mol. The Labute approximate surface area is 138 Å². The van der Waals surface area contributed by atoms with Crippen LogP contribution in [0.1, 0.15) is 25.3 Å². The van der Waals surface area contributed by atoms with E-state index in [4.69, 9.17) is 0 Å². The van der Waals surface area contributed by atoms with Crippen LogP contribution in [0, 0.1) is 5.92 Å². The molecule has 1 aliphatic carbocycles. The van der Waals surface area contributed by atoms with Gasteiger partial charge in [0, 0.05) is 13.1 Å². The zero-order valence-corrected chi connectivity index (χ0v) is 14.1. The molecule has 1 aromatic rings. The number of hydrogen-bond acceptors (Lipinski definition) is 3. The van der Waals surface area contributed by atoms with Crippen LogP contribution in [-0.4, -0.2) is 38.9 Å². The van der Waals surface area contributed by atoms with Gasteiger partial charge in [-0.25, -0.2) is 13.1 Å². The first-order valence-electron chi connectivity index (χ1n) is 7.45. The Morgan fingerprint density at radius 3 is 2.54 bits per heavy atom. The first kappa shape index (κ1) is 18.7. The normalized spacial score (nSPS) is 16.7. The van der Waals surface area contributed by atoms with Gasteiger partial charge in [-0.05, 0) is 43.9 Å². The number of likely N-dealkylation sites (N-methyl/N-ethyl adjacent to an activating group) is 1. The van der Waals surface area contributed by atoms with E-state index in [-0.39, 0.29) is 6.04 Å². The van der Waals surface area contributed by atoms with Crippen LogP contribution in [-0.2, 0) is 21.0 Å². The second-order valence-electron chi connectivity index (χ2n) is 5.93. The third-order valence-electron chi connectivity index (χ3n) is 4.19. The third kappa shape index (κ3) is 4.47. The maximum atomic E-state index is 12.7. The molecule has 0 bridgehead atoms. The number of rotatable bonds is 6. The number of hydrogen-bond donors (Lipinski definition) is 1. The number of amides is 1. The number of sulfonamides is 1. The fraction of sp³-hybridized carbons (Fsp3) is 0.533. The molecule has 1 saturated carbocycles. The highest BCUT2D eigenvalue weighted by atomic mass is 32.2. The van der Waals surface area contributed by atoms with Gasteiger partial charge in [0.25, 0.3) is 0 Å². The third-order valence-corrected chi connectivity index (χ3v) is 5.59. The van der Waals surface area contributed by atoms with Crippen LogP contribution in [0.2, 0.25) is 0 Å². The quantitative estimate of drug-likeness (QED) is 0.842. The van der Waals surface area contributed by atoms with Crippen LogP contribution in [0.3, 0.4) is 0 Å². The molecule has 1 fully saturated rings. The summed E-state index contributed by atoms with van der Waals surface area (Å²) in [6, 6.07) is 3.41. The van der Waals surface area contributed by atoms with Gasteiger partial charge >= 0.3 is 6.18 Å². The average molecular weight is 364 g/mol. The summed E-state index contributed by atoms with van der Waals surface area (Å²) in [4.78, 5) is 13.0. The van der Waals surface area contributed by atoms with Gasteiger partial charge < -0.3 is 4.90 Å². The molecule has 9 heteroatoms. The van der Waals surface area contributed by atoms with Gasteiger partial charge in [-0.1, -0.05) is 6.07 Å². The molecule has 24 heavy (non-hydrogen) atoms. The number of carbonyl (C=O) groups is 1.